The largest absolute Gasteiger partial charge is 0.508 e. The van der Waals surface area contributed by atoms with Gasteiger partial charge in [-0.2, -0.15) is 0 Å². The molecule has 0 fully saturated rings. The Hall–Kier alpha value is -2.85. The molecule has 0 amide bonds. The molecule has 1 aliphatic rings. The number of anilines is 1. The van der Waals surface area contributed by atoms with Crippen LogP contribution in [0.5, 0.6) is 5.75 Å². The average Bonchev–Trinajstić information content (AvgIpc) is 3.05. The number of hydrogen-bond donors (Lipinski definition) is 3. The number of aromatic nitrogens is 1. The lowest BCUT2D eigenvalue weighted by molar-refractivity contribution is 0.462. The van der Waals surface area contributed by atoms with Crippen LogP contribution in [0.3, 0.4) is 0 Å². The molecule has 0 radical (unpaired) electrons. The highest BCUT2D eigenvalue weighted by Crippen LogP contribution is 2.37. The summed E-state index contributed by atoms with van der Waals surface area (Å²) in [7, 11) is 0. The lowest BCUT2D eigenvalue weighted by atomic mass is 9.96. The van der Waals surface area contributed by atoms with Crippen LogP contribution in [0.4, 0.5) is 5.82 Å². The van der Waals surface area contributed by atoms with Gasteiger partial charge in [0.1, 0.15) is 11.6 Å². The molecule has 0 spiro atoms. The molecule has 0 saturated heterocycles. The van der Waals surface area contributed by atoms with E-state index >= 15 is 0 Å². The second-order valence-corrected chi connectivity index (χ2v) is 5.98. The standard InChI is InChI=1S/C20H19N3O/c1-2-13-6-5-7-14(10-13)15-11-17-19(22-23-20(17)21-12-15)16-8-3-4-9-18(16)24/h3-12,19,22,24H,2H2,1H3,(H,21,23). The van der Waals surface area contributed by atoms with Crippen LogP contribution in [0, 0.1) is 0 Å². The highest BCUT2D eigenvalue weighted by Gasteiger charge is 2.26. The number of fused-ring (bicyclic) bond motifs is 1. The first-order chi connectivity index (χ1) is 11.8. The molecule has 1 aromatic heterocycles. The number of phenols is 1. The van der Waals surface area contributed by atoms with Crippen molar-refractivity contribution in [2.24, 2.45) is 0 Å². The van der Waals surface area contributed by atoms with Gasteiger partial charge in [0.15, 0.2) is 0 Å². The van der Waals surface area contributed by atoms with Crippen LogP contribution in [-0.2, 0) is 6.42 Å². The van der Waals surface area contributed by atoms with Gasteiger partial charge in [0.2, 0.25) is 0 Å². The minimum Gasteiger partial charge on any atom is -0.508 e. The van der Waals surface area contributed by atoms with Crippen molar-refractivity contribution in [1.29, 1.82) is 0 Å². The Kier molecular flexibility index (Phi) is 3.67. The van der Waals surface area contributed by atoms with E-state index < -0.39 is 0 Å². The van der Waals surface area contributed by atoms with Gasteiger partial charge in [-0.15, -0.1) is 0 Å². The van der Waals surface area contributed by atoms with E-state index in [9.17, 15) is 5.11 Å². The summed E-state index contributed by atoms with van der Waals surface area (Å²) in [5, 5.41) is 10.2. The van der Waals surface area contributed by atoms with Crippen molar-refractivity contribution < 1.29 is 5.11 Å². The molecule has 2 heterocycles. The summed E-state index contributed by atoms with van der Waals surface area (Å²) in [5.41, 5.74) is 11.7. The van der Waals surface area contributed by atoms with Crippen molar-refractivity contribution in [1.82, 2.24) is 10.4 Å². The van der Waals surface area contributed by atoms with Crippen LogP contribution in [0.2, 0.25) is 0 Å². The topological polar surface area (TPSA) is 57.2 Å². The maximum Gasteiger partial charge on any atom is 0.145 e. The van der Waals surface area contributed by atoms with Crippen molar-refractivity contribution >= 4 is 5.82 Å². The summed E-state index contributed by atoms with van der Waals surface area (Å²) in [6, 6.07) is 17.9. The lowest BCUT2D eigenvalue weighted by Gasteiger charge is -2.13. The predicted molar refractivity (Wildman–Crippen MR) is 95.8 cm³/mol. The van der Waals surface area contributed by atoms with E-state index in [0.29, 0.717) is 0 Å². The molecule has 0 bridgehead atoms. The predicted octanol–water partition coefficient (Wildman–Crippen LogP) is 4.04. The smallest absolute Gasteiger partial charge is 0.145 e. The summed E-state index contributed by atoms with van der Waals surface area (Å²) in [5.74, 6) is 1.08. The maximum atomic E-state index is 10.2. The van der Waals surface area contributed by atoms with E-state index in [1.54, 1.807) is 6.07 Å². The summed E-state index contributed by atoms with van der Waals surface area (Å²) in [6.07, 6.45) is 2.89. The number of phenolic OH excluding ortho intramolecular Hbond substituents is 1. The first-order valence-electron chi connectivity index (χ1n) is 8.15. The molecular formula is C20H19N3O. The van der Waals surface area contributed by atoms with Gasteiger partial charge < -0.3 is 10.5 Å². The van der Waals surface area contributed by atoms with Gasteiger partial charge in [0.25, 0.3) is 0 Å². The number of para-hydroxylation sites is 1. The van der Waals surface area contributed by atoms with E-state index in [1.807, 2.05) is 24.4 Å². The quantitative estimate of drug-likeness (QED) is 0.682. The van der Waals surface area contributed by atoms with Crippen molar-refractivity contribution in [2.75, 3.05) is 5.43 Å². The Morgan fingerprint density at radius 3 is 2.71 bits per heavy atom. The fourth-order valence-electron chi connectivity index (χ4n) is 3.13. The highest BCUT2D eigenvalue weighted by molar-refractivity contribution is 5.68. The lowest BCUT2D eigenvalue weighted by Crippen LogP contribution is -2.19. The normalized spacial score (nSPS) is 15.8. The molecule has 1 unspecified atom stereocenters. The summed E-state index contributed by atoms with van der Waals surface area (Å²) < 4.78 is 0. The van der Waals surface area contributed by atoms with E-state index in [0.717, 1.165) is 34.5 Å². The molecule has 4 nitrogen and oxygen atoms in total. The van der Waals surface area contributed by atoms with Gasteiger partial charge in [0.05, 0.1) is 6.04 Å². The maximum absolute atomic E-state index is 10.2. The van der Waals surface area contributed by atoms with Gasteiger partial charge in [0, 0.05) is 22.9 Å². The first-order valence-corrected chi connectivity index (χ1v) is 8.15. The number of hydrazine groups is 1. The molecule has 3 aromatic rings. The minimum absolute atomic E-state index is 0.122. The van der Waals surface area contributed by atoms with Gasteiger partial charge >= 0.3 is 0 Å². The Bertz CT molecular complexity index is 892. The molecule has 4 rings (SSSR count). The Morgan fingerprint density at radius 1 is 1.00 bits per heavy atom. The van der Waals surface area contributed by atoms with Crippen molar-refractivity contribution in [2.45, 2.75) is 19.4 Å². The second-order valence-electron chi connectivity index (χ2n) is 5.98. The average molecular weight is 317 g/mol. The Morgan fingerprint density at radius 2 is 1.88 bits per heavy atom. The van der Waals surface area contributed by atoms with Crippen molar-refractivity contribution in [3.8, 4) is 16.9 Å². The third-order valence-electron chi connectivity index (χ3n) is 4.48. The zero-order valence-electron chi connectivity index (χ0n) is 13.5. The highest BCUT2D eigenvalue weighted by atomic mass is 16.3. The van der Waals surface area contributed by atoms with Crippen LogP contribution < -0.4 is 10.9 Å². The van der Waals surface area contributed by atoms with E-state index in [4.69, 9.17) is 0 Å². The van der Waals surface area contributed by atoms with Crippen LogP contribution in [-0.4, -0.2) is 10.1 Å². The van der Waals surface area contributed by atoms with Crippen LogP contribution in [0.15, 0.2) is 60.8 Å². The zero-order valence-corrected chi connectivity index (χ0v) is 13.5. The zero-order chi connectivity index (χ0) is 16.5. The number of aryl methyl sites for hydroxylation is 1. The molecule has 4 heteroatoms. The van der Waals surface area contributed by atoms with Crippen molar-refractivity contribution in [3.63, 3.8) is 0 Å². The van der Waals surface area contributed by atoms with Gasteiger partial charge in [-0.05, 0) is 29.7 Å². The third kappa shape index (κ3) is 2.51. The SMILES string of the molecule is CCc1cccc(-c2cnc3c(c2)C(c2ccccc2O)NN3)c1. The fraction of sp³-hybridized carbons (Fsp3) is 0.150. The van der Waals surface area contributed by atoms with E-state index in [1.165, 1.54) is 5.56 Å². The van der Waals surface area contributed by atoms with Crippen LogP contribution in [0.1, 0.15) is 29.7 Å². The fourth-order valence-corrected chi connectivity index (χ4v) is 3.13. The molecular weight excluding hydrogens is 298 g/mol. The first kappa shape index (κ1) is 14.7. The number of nitrogens with zero attached hydrogens (tertiary/aromatic N) is 1. The summed E-state index contributed by atoms with van der Waals surface area (Å²) in [6.45, 7) is 2.15. The Labute approximate surface area is 141 Å². The second kappa shape index (κ2) is 5.98. The molecule has 2 aromatic carbocycles. The molecule has 0 aliphatic carbocycles. The molecule has 24 heavy (non-hydrogen) atoms. The number of aromatic hydroxyl groups is 1. The number of nitrogens with one attached hydrogen (secondary N) is 2. The third-order valence-corrected chi connectivity index (χ3v) is 4.48. The number of pyridine rings is 1. The van der Waals surface area contributed by atoms with Gasteiger partial charge in [-0.25, -0.2) is 10.4 Å². The molecule has 0 saturated carbocycles. The number of hydrogen-bond acceptors (Lipinski definition) is 4. The number of rotatable bonds is 3. The summed E-state index contributed by atoms with van der Waals surface area (Å²) in [4.78, 5) is 4.54. The summed E-state index contributed by atoms with van der Waals surface area (Å²) >= 11 is 0. The van der Waals surface area contributed by atoms with E-state index in [-0.39, 0.29) is 11.8 Å². The minimum atomic E-state index is -0.122. The van der Waals surface area contributed by atoms with Crippen LogP contribution in [0.25, 0.3) is 11.1 Å². The molecule has 1 aliphatic heterocycles. The monoisotopic (exact) mass is 317 g/mol. The number of benzene rings is 2. The Balaban J connectivity index is 1.77. The van der Waals surface area contributed by atoms with Crippen LogP contribution >= 0.6 is 0 Å². The van der Waals surface area contributed by atoms with Gasteiger partial charge in [-0.1, -0.05) is 49.4 Å². The molecule has 120 valence electrons. The molecule has 1 atom stereocenters. The van der Waals surface area contributed by atoms with E-state index in [2.05, 4.69) is 53.1 Å². The van der Waals surface area contributed by atoms with Crippen molar-refractivity contribution in [3.05, 3.63) is 77.5 Å². The molecule has 3 N–H and O–H groups in total. The van der Waals surface area contributed by atoms with Gasteiger partial charge in [-0.3, -0.25) is 0 Å².